The summed E-state index contributed by atoms with van der Waals surface area (Å²) in [5.41, 5.74) is 0.875. The molecule has 0 saturated heterocycles. The first-order chi connectivity index (χ1) is 10.6. The Bertz CT molecular complexity index is 680. The van der Waals surface area contributed by atoms with E-state index in [4.69, 9.17) is 0 Å². The second kappa shape index (κ2) is 6.27. The van der Waals surface area contributed by atoms with Crippen LogP contribution in [-0.4, -0.2) is 21.8 Å². The Hall–Kier alpha value is -2.21. The number of amides is 1. The molecule has 0 unspecified atom stereocenters. The summed E-state index contributed by atoms with van der Waals surface area (Å²) in [6.45, 7) is 0.441. The average Bonchev–Trinajstić information content (AvgIpc) is 3.22. The van der Waals surface area contributed by atoms with Crippen molar-refractivity contribution >= 4 is 22.9 Å². The molecule has 1 saturated carbocycles. The third kappa shape index (κ3) is 3.51. The van der Waals surface area contributed by atoms with Crippen molar-refractivity contribution in [3.63, 3.8) is 0 Å². The molecule has 1 amide bonds. The Morgan fingerprint density at radius 3 is 2.77 bits per heavy atom. The summed E-state index contributed by atoms with van der Waals surface area (Å²) in [4.78, 5) is 25.9. The van der Waals surface area contributed by atoms with Crippen LogP contribution in [0.1, 0.15) is 23.3 Å². The van der Waals surface area contributed by atoms with E-state index in [9.17, 15) is 14.9 Å². The normalized spacial score (nSPS) is 13.8. The minimum atomic E-state index is -0.404. The second-order valence-electron chi connectivity index (χ2n) is 5.44. The van der Waals surface area contributed by atoms with Crippen molar-refractivity contribution in [3.05, 3.63) is 62.3 Å². The Morgan fingerprint density at radius 1 is 1.32 bits per heavy atom. The molecule has 6 heteroatoms. The maximum atomic E-state index is 12.5. The third-order valence-corrected chi connectivity index (χ3v) is 4.56. The summed E-state index contributed by atoms with van der Waals surface area (Å²) in [5.74, 6) is 0.0939. The predicted molar refractivity (Wildman–Crippen MR) is 84.7 cm³/mol. The van der Waals surface area contributed by atoms with Crippen LogP contribution >= 0.6 is 11.3 Å². The van der Waals surface area contributed by atoms with Crippen molar-refractivity contribution < 1.29 is 9.72 Å². The molecule has 0 spiro atoms. The number of nitro groups is 1. The molecule has 0 radical (unpaired) electrons. The highest BCUT2D eigenvalue weighted by Gasteiger charge is 2.32. The minimum Gasteiger partial charge on any atom is -0.335 e. The van der Waals surface area contributed by atoms with Gasteiger partial charge in [0.15, 0.2) is 0 Å². The number of hydrogen-bond acceptors (Lipinski definition) is 4. The summed E-state index contributed by atoms with van der Waals surface area (Å²) in [6, 6.07) is 10.7. The van der Waals surface area contributed by atoms with Crippen molar-refractivity contribution in [3.8, 4) is 0 Å². The number of rotatable bonds is 6. The zero-order chi connectivity index (χ0) is 15.5. The molecule has 0 aliphatic heterocycles. The lowest BCUT2D eigenvalue weighted by Gasteiger charge is -2.22. The maximum absolute atomic E-state index is 12.5. The third-order valence-electron chi connectivity index (χ3n) is 3.69. The molecule has 1 aliphatic carbocycles. The van der Waals surface area contributed by atoms with Crippen LogP contribution in [0.4, 0.5) is 5.69 Å². The number of carbonyl (C=O) groups is 1. The Morgan fingerprint density at radius 2 is 2.14 bits per heavy atom. The van der Waals surface area contributed by atoms with E-state index in [0.29, 0.717) is 13.0 Å². The number of non-ortho nitro benzene ring substituents is 1. The molecule has 22 heavy (non-hydrogen) atoms. The van der Waals surface area contributed by atoms with Crippen molar-refractivity contribution in [2.24, 2.45) is 0 Å². The van der Waals surface area contributed by atoms with Crippen molar-refractivity contribution in [2.45, 2.75) is 31.8 Å². The Kier molecular flexibility index (Phi) is 4.20. The van der Waals surface area contributed by atoms with Gasteiger partial charge in [-0.2, -0.15) is 0 Å². The summed E-state index contributed by atoms with van der Waals surface area (Å²) >= 11 is 1.58. The number of hydrogen-bond donors (Lipinski definition) is 0. The highest BCUT2D eigenvalue weighted by Crippen LogP contribution is 2.30. The molecule has 1 fully saturated rings. The maximum Gasteiger partial charge on any atom is 0.269 e. The van der Waals surface area contributed by atoms with Gasteiger partial charge in [-0.1, -0.05) is 18.2 Å². The van der Waals surface area contributed by atoms with E-state index in [-0.39, 0.29) is 17.6 Å². The topological polar surface area (TPSA) is 63.5 Å². The van der Waals surface area contributed by atoms with Crippen LogP contribution in [0.3, 0.4) is 0 Å². The largest absolute Gasteiger partial charge is 0.335 e. The van der Waals surface area contributed by atoms with E-state index < -0.39 is 4.92 Å². The van der Waals surface area contributed by atoms with Gasteiger partial charge in [-0.25, -0.2) is 0 Å². The molecule has 1 aliphatic rings. The first kappa shape index (κ1) is 14.7. The lowest BCUT2D eigenvalue weighted by Crippen LogP contribution is -2.33. The number of thiophene rings is 1. The van der Waals surface area contributed by atoms with Gasteiger partial charge >= 0.3 is 0 Å². The first-order valence-electron chi connectivity index (χ1n) is 7.18. The van der Waals surface area contributed by atoms with Gasteiger partial charge in [0, 0.05) is 29.6 Å². The van der Waals surface area contributed by atoms with Crippen LogP contribution in [0.25, 0.3) is 0 Å². The molecule has 0 bridgehead atoms. The molecule has 3 rings (SSSR count). The Balaban J connectivity index is 1.73. The summed E-state index contributed by atoms with van der Waals surface area (Å²) in [5, 5.41) is 12.8. The molecule has 1 aromatic heterocycles. The first-order valence-corrected chi connectivity index (χ1v) is 8.06. The number of nitrogens with zero attached hydrogens (tertiary/aromatic N) is 2. The van der Waals surface area contributed by atoms with Crippen LogP contribution in [0.15, 0.2) is 41.8 Å². The SMILES string of the molecule is O=C(Cc1cccs1)N(Cc1cccc([N+](=O)[O-])c1)C1CC1. The van der Waals surface area contributed by atoms with E-state index in [1.165, 1.54) is 6.07 Å². The van der Waals surface area contributed by atoms with Crippen molar-refractivity contribution in [1.82, 2.24) is 4.90 Å². The van der Waals surface area contributed by atoms with E-state index >= 15 is 0 Å². The van der Waals surface area contributed by atoms with Gasteiger partial charge in [-0.3, -0.25) is 14.9 Å². The van der Waals surface area contributed by atoms with Gasteiger partial charge in [0.05, 0.1) is 11.3 Å². The standard InChI is InChI=1S/C16H16N2O3S/c19-16(10-15-5-2-8-22-15)17(13-6-7-13)11-12-3-1-4-14(9-12)18(20)21/h1-5,8-9,13H,6-7,10-11H2. The van der Waals surface area contributed by atoms with Gasteiger partial charge in [0.25, 0.3) is 5.69 Å². The fraction of sp³-hybridized carbons (Fsp3) is 0.312. The van der Waals surface area contributed by atoms with Crippen molar-refractivity contribution in [2.75, 3.05) is 0 Å². The smallest absolute Gasteiger partial charge is 0.269 e. The highest BCUT2D eigenvalue weighted by molar-refractivity contribution is 7.10. The van der Waals surface area contributed by atoms with Gasteiger partial charge in [0.2, 0.25) is 5.91 Å². The van der Waals surface area contributed by atoms with Gasteiger partial charge in [-0.15, -0.1) is 11.3 Å². The number of carbonyl (C=O) groups excluding carboxylic acids is 1. The monoisotopic (exact) mass is 316 g/mol. The van der Waals surface area contributed by atoms with Gasteiger partial charge in [-0.05, 0) is 29.9 Å². The predicted octanol–water partition coefficient (Wildman–Crippen LogP) is 3.39. The quantitative estimate of drug-likeness (QED) is 0.606. The van der Waals surface area contributed by atoms with Gasteiger partial charge in [0.1, 0.15) is 0 Å². The van der Waals surface area contributed by atoms with Crippen LogP contribution in [0, 0.1) is 10.1 Å². The molecule has 0 N–H and O–H groups in total. The molecule has 2 aromatic rings. The van der Waals surface area contributed by atoms with E-state index in [1.54, 1.807) is 23.5 Å². The second-order valence-corrected chi connectivity index (χ2v) is 6.47. The molecule has 1 aromatic carbocycles. The van der Waals surface area contributed by atoms with Crippen molar-refractivity contribution in [1.29, 1.82) is 0 Å². The van der Waals surface area contributed by atoms with Crippen LogP contribution in [-0.2, 0) is 17.8 Å². The highest BCUT2D eigenvalue weighted by atomic mass is 32.1. The fourth-order valence-corrected chi connectivity index (χ4v) is 3.13. The summed E-state index contributed by atoms with van der Waals surface area (Å²) in [7, 11) is 0. The zero-order valence-corrected chi connectivity index (χ0v) is 12.8. The lowest BCUT2D eigenvalue weighted by molar-refractivity contribution is -0.384. The molecule has 114 valence electrons. The van der Waals surface area contributed by atoms with E-state index in [1.807, 2.05) is 28.5 Å². The number of benzene rings is 1. The van der Waals surface area contributed by atoms with E-state index in [0.717, 1.165) is 23.3 Å². The Labute approximate surface area is 132 Å². The number of nitro benzene ring substituents is 1. The van der Waals surface area contributed by atoms with Gasteiger partial charge < -0.3 is 4.90 Å². The molecular weight excluding hydrogens is 300 g/mol. The average molecular weight is 316 g/mol. The lowest BCUT2D eigenvalue weighted by atomic mass is 10.1. The zero-order valence-electron chi connectivity index (χ0n) is 12.0. The van der Waals surface area contributed by atoms with Crippen LogP contribution in [0.2, 0.25) is 0 Å². The summed E-state index contributed by atoms with van der Waals surface area (Å²) in [6.07, 6.45) is 2.44. The molecule has 0 atom stereocenters. The summed E-state index contributed by atoms with van der Waals surface area (Å²) < 4.78 is 0. The molecule has 1 heterocycles. The fourth-order valence-electron chi connectivity index (χ4n) is 2.44. The van der Waals surface area contributed by atoms with E-state index in [2.05, 4.69) is 0 Å². The van der Waals surface area contributed by atoms with Crippen LogP contribution in [0.5, 0.6) is 0 Å². The molecular formula is C16H16N2O3S. The van der Waals surface area contributed by atoms with Crippen LogP contribution < -0.4 is 0 Å². The molecule has 5 nitrogen and oxygen atoms in total. The minimum absolute atomic E-state index is 0.0685.